The highest BCUT2D eigenvalue weighted by Crippen LogP contribution is 2.27. The first-order valence-electron chi connectivity index (χ1n) is 8.30. The summed E-state index contributed by atoms with van der Waals surface area (Å²) in [5.41, 5.74) is 2.91. The van der Waals surface area contributed by atoms with Crippen molar-refractivity contribution in [2.24, 2.45) is 10.2 Å². The van der Waals surface area contributed by atoms with Crippen molar-refractivity contribution in [1.82, 2.24) is 9.38 Å². The highest BCUT2D eigenvalue weighted by molar-refractivity contribution is 5.74. The van der Waals surface area contributed by atoms with Gasteiger partial charge in [-0.2, -0.15) is 0 Å². The van der Waals surface area contributed by atoms with Crippen molar-refractivity contribution in [2.45, 2.75) is 20.3 Å². The Morgan fingerprint density at radius 3 is 2.85 bits per heavy atom. The zero-order valence-electron chi connectivity index (χ0n) is 15.0. The molecule has 7 nitrogen and oxygen atoms in total. The summed E-state index contributed by atoms with van der Waals surface area (Å²) >= 11 is 0. The molecule has 2 heterocycles. The Morgan fingerprint density at radius 2 is 2.08 bits per heavy atom. The van der Waals surface area contributed by atoms with Gasteiger partial charge in [0.15, 0.2) is 5.82 Å². The van der Waals surface area contributed by atoms with Gasteiger partial charge in [-0.1, -0.05) is 12.1 Å². The third-order valence-corrected chi connectivity index (χ3v) is 3.82. The normalized spacial score (nSPS) is 11.2. The quantitative estimate of drug-likeness (QED) is 0.493. The maximum Gasteiger partial charge on any atom is 0.312 e. The molecule has 0 saturated heterocycles. The number of rotatable bonds is 6. The van der Waals surface area contributed by atoms with Crippen LogP contribution in [-0.2, 0) is 16.0 Å². The number of benzene rings is 1. The Labute approximate surface area is 151 Å². The first kappa shape index (κ1) is 17.6. The van der Waals surface area contributed by atoms with Crippen LogP contribution in [0.25, 0.3) is 5.65 Å². The van der Waals surface area contributed by atoms with Crippen LogP contribution in [0.3, 0.4) is 0 Å². The Balaban J connectivity index is 2.02. The summed E-state index contributed by atoms with van der Waals surface area (Å²) in [6.45, 7) is 4.06. The predicted molar refractivity (Wildman–Crippen MR) is 97.4 cm³/mol. The number of methoxy groups -OCH3 is 1. The largest absolute Gasteiger partial charge is 0.497 e. The van der Waals surface area contributed by atoms with Crippen LogP contribution in [0.1, 0.15) is 18.2 Å². The lowest BCUT2D eigenvalue weighted by atomic mass is 10.3. The maximum absolute atomic E-state index is 11.9. The van der Waals surface area contributed by atoms with Crippen molar-refractivity contribution in [1.29, 1.82) is 0 Å². The number of hydrogen-bond donors (Lipinski definition) is 0. The molecule has 2 aromatic heterocycles. The summed E-state index contributed by atoms with van der Waals surface area (Å²) in [5.74, 6) is 0.869. The van der Waals surface area contributed by atoms with Crippen molar-refractivity contribution in [2.75, 3.05) is 13.7 Å². The Morgan fingerprint density at radius 1 is 1.23 bits per heavy atom. The van der Waals surface area contributed by atoms with E-state index in [4.69, 9.17) is 9.47 Å². The van der Waals surface area contributed by atoms with Crippen molar-refractivity contribution >= 4 is 23.1 Å². The number of fused-ring (bicyclic) bond motifs is 1. The molecule has 0 radical (unpaired) electrons. The minimum Gasteiger partial charge on any atom is -0.497 e. The summed E-state index contributed by atoms with van der Waals surface area (Å²) in [4.78, 5) is 16.5. The molecule has 1 aromatic carbocycles. The van der Waals surface area contributed by atoms with Gasteiger partial charge in [0.2, 0.25) is 0 Å². The molecule has 3 aromatic rings. The molecule has 0 saturated carbocycles. The second-order valence-corrected chi connectivity index (χ2v) is 5.65. The van der Waals surface area contributed by atoms with Gasteiger partial charge < -0.3 is 9.47 Å². The van der Waals surface area contributed by atoms with Crippen LogP contribution < -0.4 is 4.74 Å². The highest BCUT2D eigenvalue weighted by atomic mass is 16.5. The minimum absolute atomic E-state index is 0.0431. The first-order valence-corrected chi connectivity index (χ1v) is 8.30. The number of aryl methyl sites for hydroxylation is 1. The Kier molecular flexibility index (Phi) is 5.26. The molecule has 0 aliphatic rings. The number of pyridine rings is 1. The molecule has 26 heavy (non-hydrogen) atoms. The van der Waals surface area contributed by atoms with E-state index in [-0.39, 0.29) is 12.4 Å². The van der Waals surface area contributed by atoms with E-state index in [9.17, 15) is 4.79 Å². The van der Waals surface area contributed by atoms with Crippen molar-refractivity contribution < 1.29 is 14.3 Å². The number of hydrogen-bond acceptors (Lipinski definition) is 6. The Hall–Kier alpha value is -3.22. The van der Waals surface area contributed by atoms with Crippen LogP contribution in [0.5, 0.6) is 5.75 Å². The molecule has 0 bridgehead atoms. The molecule has 0 amide bonds. The van der Waals surface area contributed by atoms with Gasteiger partial charge >= 0.3 is 5.97 Å². The number of azo groups is 1. The van der Waals surface area contributed by atoms with Crippen LogP contribution in [0.15, 0.2) is 52.8 Å². The molecule has 0 fully saturated rings. The van der Waals surface area contributed by atoms with Gasteiger partial charge in [0.25, 0.3) is 0 Å². The lowest BCUT2D eigenvalue weighted by molar-refractivity contribution is -0.142. The fourth-order valence-electron chi connectivity index (χ4n) is 2.59. The average Bonchev–Trinajstić information content (AvgIpc) is 2.99. The van der Waals surface area contributed by atoms with Crippen LogP contribution in [0.2, 0.25) is 0 Å². The summed E-state index contributed by atoms with van der Waals surface area (Å²) in [6.07, 6.45) is 1.89. The number of ether oxygens (including phenoxy) is 2. The number of aromatic nitrogens is 2. The van der Waals surface area contributed by atoms with Gasteiger partial charge in [-0.05, 0) is 37.6 Å². The summed E-state index contributed by atoms with van der Waals surface area (Å²) in [7, 11) is 1.60. The molecule has 0 unspecified atom stereocenters. The van der Waals surface area contributed by atoms with E-state index in [1.165, 1.54) is 0 Å². The third-order valence-electron chi connectivity index (χ3n) is 3.82. The van der Waals surface area contributed by atoms with E-state index >= 15 is 0 Å². The molecule has 0 aliphatic carbocycles. The van der Waals surface area contributed by atoms with E-state index < -0.39 is 0 Å². The van der Waals surface area contributed by atoms with Crippen molar-refractivity contribution in [3.8, 4) is 5.75 Å². The van der Waals surface area contributed by atoms with E-state index in [1.807, 2.05) is 47.9 Å². The van der Waals surface area contributed by atoms with Crippen molar-refractivity contribution in [3.63, 3.8) is 0 Å². The fourth-order valence-corrected chi connectivity index (χ4v) is 2.59. The van der Waals surface area contributed by atoms with Crippen LogP contribution >= 0.6 is 0 Å². The van der Waals surface area contributed by atoms with E-state index in [0.29, 0.717) is 29.6 Å². The van der Waals surface area contributed by atoms with E-state index in [0.717, 1.165) is 11.2 Å². The van der Waals surface area contributed by atoms with Crippen LogP contribution in [0, 0.1) is 6.92 Å². The second kappa shape index (κ2) is 7.77. The Bertz CT molecular complexity index is 963. The number of imidazole rings is 1. The molecule has 0 aliphatic heterocycles. The molecular weight excluding hydrogens is 332 g/mol. The lowest BCUT2D eigenvalue weighted by Gasteiger charge is -2.01. The molecule has 7 heteroatoms. The molecule has 3 rings (SSSR count). The van der Waals surface area contributed by atoms with Gasteiger partial charge in [0.05, 0.1) is 31.5 Å². The fraction of sp³-hybridized carbons (Fsp3) is 0.263. The van der Waals surface area contributed by atoms with E-state index in [1.54, 1.807) is 20.1 Å². The topological polar surface area (TPSA) is 77.5 Å². The highest BCUT2D eigenvalue weighted by Gasteiger charge is 2.17. The zero-order chi connectivity index (χ0) is 18.5. The predicted octanol–water partition coefficient (Wildman–Crippen LogP) is 4.17. The summed E-state index contributed by atoms with van der Waals surface area (Å²) in [6, 6.07) is 11.1. The summed E-state index contributed by atoms with van der Waals surface area (Å²) < 4.78 is 12.1. The SMILES string of the molecule is CCOC(=O)Cc1nc2c(C)cccn2c1N=Nc1cccc(OC)c1. The second-order valence-electron chi connectivity index (χ2n) is 5.65. The number of esters is 1. The van der Waals surface area contributed by atoms with Gasteiger partial charge in [0, 0.05) is 12.3 Å². The molecule has 0 atom stereocenters. The molecular formula is C19H20N4O3. The number of nitrogens with zero attached hydrogens (tertiary/aromatic N) is 4. The molecule has 0 spiro atoms. The zero-order valence-corrected chi connectivity index (χ0v) is 15.0. The standard InChI is InChI=1S/C19H20N4O3/c1-4-26-17(24)12-16-19(23-10-6-7-13(2)18(23)20-16)22-21-14-8-5-9-15(11-14)25-3/h5-11H,4,12H2,1-3H3. The minimum atomic E-state index is -0.341. The van der Waals surface area contributed by atoms with E-state index in [2.05, 4.69) is 15.2 Å². The van der Waals surface area contributed by atoms with Crippen molar-refractivity contribution in [3.05, 3.63) is 53.9 Å². The average molecular weight is 352 g/mol. The van der Waals surface area contributed by atoms with Gasteiger partial charge in [0.1, 0.15) is 11.4 Å². The number of carbonyl (C=O) groups excluding carboxylic acids is 1. The molecule has 0 N–H and O–H groups in total. The monoisotopic (exact) mass is 352 g/mol. The third kappa shape index (κ3) is 3.72. The lowest BCUT2D eigenvalue weighted by Crippen LogP contribution is -2.07. The van der Waals surface area contributed by atoms with Gasteiger partial charge in [-0.15, -0.1) is 10.2 Å². The van der Waals surface area contributed by atoms with Crippen LogP contribution in [-0.4, -0.2) is 29.1 Å². The van der Waals surface area contributed by atoms with Gasteiger partial charge in [-0.25, -0.2) is 4.98 Å². The van der Waals surface area contributed by atoms with Crippen LogP contribution in [0.4, 0.5) is 11.5 Å². The first-order chi connectivity index (χ1) is 12.6. The molecule has 134 valence electrons. The smallest absolute Gasteiger partial charge is 0.312 e. The summed E-state index contributed by atoms with van der Waals surface area (Å²) in [5, 5.41) is 8.64. The van der Waals surface area contributed by atoms with Gasteiger partial charge in [-0.3, -0.25) is 9.20 Å². The number of carbonyl (C=O) groups is 1. The maximum atomic E-state index is 11.9.